The molecule has 1 aromatic carbocycles. The van der Waals surface area contributed by atoms with Gasteiger partial charge in [-0.05, 0) is 18.1 Å². The van der Waals surface area contributed by atoms with Crippen molar-refractivity contribution in [3.63, 3.8) is 0 Å². The summed E-state index contributed by atoms with van der Waals surface area (Å²) < 4.78 is 18.8. The van der Waals surface area contributed by atoms with Crippen molar-refractivity contribution < 1.29 is 14.2 Å². The molecule has 0 saturated carbocycles. The summed E-state index contributed by atoms with van der Waals surface area (Å²) in [5, 5.41) is 5.31. The van der Waals surface area contributed by atoms with Gasteiger partial charge in [-0.25, -0.2) is 9.67 Å². The minimum Gasteiger partial charge on any atom is -0.486 e. The third-order valence-corrected chi connectivity index (χ3v) is 4.73. The van der Waals surface area contributed by atoms with Crippen LogP contribution in [0, 0.1) is 0 Å². The molecule has 1 saturated heterocycles. The van der Waals surface area contributed by atoms with Crippen LogP contribution >= 0.6 is 11.6 Å². The van der Waals surface area contributed by atoms with Crippen LogP contribution in [0.15, 0.2) is 12.1 Å². The van der Waals surface area contributed by atoms with E-state index in [1.807, 2.05) is 16.8 Å². The van der Waals surface area contributed by atoms with Gasteiger partial charge in [0.25, 0.3) is 0 Å². The molecule has 24 heavy (non-hydrogen) atoms. The summed E-state index contributed by atoms with van der Waals surface area (Å²) in [7, 11) is 0. The summed E-state index contributed by atoms with van der Waals surface area (Å²) in [6, 6.07) is 4.03. The summed E-state index contributed by atoms with van der Waals surface area (Å²) >= 11 is 6.45. The molecule has 1 atom stereocenters. The number of rotatable bonds is 4. The number of benzene rings is 1. The van der Waals surface area contributed by atoms with E-state index in [1.165, 1.54) is 0 Å². The van der Waals surface area contributed by atoms with E-state index in [9.17, 15) is 0 Å². The van der Waals surface area contributed by atoms with Gasteiger partial charge in [-0.15, -0.1) is 0 Å². The summed E-state index contributed by atoms with van der Waals surface area (Å²) in [6.45, 7) is 4.64. The molecule has 0 radical (unpaired) electrons. The molecule has 1 fully saturated rings. The monoisotopic (exact) mass is 349 g/mol. The highest BCUT2D eigenvalue weighted by molar-refractivity contribution is 6.31. The van der Waals surface area contributed by atoms with Crippen LogP contribution < -0.4 is 9.47 Å². The highest BCUT2D eigenvalue weighted by Gasteiger charge is 2.24. The average molecular weight is 350 g/mol. The van der Waals surface area contributed by atoms with E-state index in [4.69, 9.17) is 25.8 Å². The molecule has 0 amide bonds. The predicted octanol–water partition coefficient (Wildman–Crippen LogP) is 2.82. The van der Waals surface area contributed by atoms with Crippen molar-refractivity contribution in [2.45, 2.75) is 32.2 Å². The number of hydrogen-bond acceptors (Lipinski definition) is 5. The van der Waals surface area contributed by atoms with Gasteiger partial charge in [0, 0.05) is 30.5 Å². The minimum absolute atomic E-state index is 0.254. The summed E-state index contributed by atoms with van der Waals surface area (Å²) in [5.41, 5.74) is 0.969. The van der Waals surface area contributed by atoms with Gasteiger partial charge in [0.1, 0.15) is 19.0 Å². The van der Waals surface area contributed by atoms with E-state index in [0.717, 1.165) is 42.4 Å². The second-order valence-corrected chi connectivity index (χ2v) is 6.43. The molecule has 0 N–H and O–H groups in total. The lowest BCUT2D eigenvalue weighted by Gasteiger charge is -2.20. The van der Waals surface area contributed by atoms with Gasteiger partial charge < -0.3 is 14.2 Å². The Morgan fingerprint density at radius 3 is 2.71 bits per heavy atom. The molecule has 2 aromatic rings. The first-order chi connectivity index (χ1) is 11.7. The minimum atomic E-state index is 0.254. The van der Waals surface area contributed by atoms with E-state index < -0.39 is 0 Å². The van der Waals surface area contributed by atoms with Crippen LogP contribution in [-0.2, 0) is 17.6 Å². The topological polar surface area (TPSA) is 58.4 Å². The maximum absolute atomic E-state index is 6.45. The molecular weight excluding hydrogens is 330 g/mol. The zero-order chi connectivity index (χ0) is 16.5. The Labute approximate surface area is 145 Å². The molecular formula is C17H20ClN3O3. The van der Waals surface area contributed by atoms with Gasteiger partial charge in [-0.3, -0.25) is 0 Å². The Kier molecular flexibility index (Phi) is 4.33. The number of ether oxygens (including phenoxy) is 3. The van der Waals surface area contributed by atoms with Crippen LogP contribution in [0.1, 0.15) is 36.6 Å². The fraction of sp³-hybridized carbons (Fsp3) is 0.529. The van der Waals surface area contributed by atoms with E-state index in [2.05, 4.69) is 17.0 Å². The first kappa shape index (κ1) is 15.7. The largest absolute Gasteiger partial charge is 0.486 e. The normalized spacial score (nSPS) is 19.7. The predicted molar refractivity (Wildman–Crippen MR) is 89.1 cm³/mol. The van der Waals surface area contributed by atoms with Gasteiger partial charge in [-0.1, -0.05) is 18.5 Å². The fourth-order valence-electron chi connectivity index (χ4n) is 3.09. The number of aromatic nitrogens is 3. The number of halogens is 1. The molecule has 6 nitrogen and oxygen atoms in total. The molecule has 0 bridgehead atoms. The zero-order valence-electron chi connectivity index (χ0n) is 13.6. The van der Waals surface area contributed by atoms with E-state index >= 15 is 0 Å². The maximum atomic E-state index is 6.45. The van der Waals surface area contributed by atoms with E-state index in [1.54, 1.807) is 0 Å². The van der Waals surface area contributed by atoms with Crippen molar-refractivity contribution in [3.8, 4) is 11.5 Å². The number of aryl methyl sites for hydroxylation is 1. The van der Waals surface area contributed by atoms with Crippen LogP contribution in [0.4, 0.5) is 0 Å². The number of hydrogen-bond donors (Lipinski definition) is 0. The second-order valence-electron chi connectivity index (χ2n) is 6.02. The SMILES string of the molecule is CCc1nc(Cc2cc3c(cc2Cl)OCCO3)n(C2CCOC2)n1. The highest BCUT2D eigenvalue weighted by Crippen LogP contribution is 2.36. The molecule has 7 heteroatoms. The Morgan fingerprint density at radius 2 is 2.00 bits per heavy atom. The molecule has 128 valence electrons. The number of fused-ring (bicyclic) bond motifs is 1. The third-order valence-electron chi connectivity index (χ3n) is 4.37. The zero-order valence-corrected chi connectivity index (χ0v) is 14.4. The van der Waals surface area contributed by atoms with Crippen molar-refractivity contribution in [3.05, 3.63) is 34.4 Å². The van der Waals surface area contributed by atoms with Crippen LogP contribution in [0.5, 0.6) is 11.5 Å². The van der Waals surface area contributed by atoms with Crippen molar-refractivity contribution in [2.24, 2.45) is 0 Å². The molecule has 0 spiro atoms. The van der Waals surface area contributed by atoms with Crippen LogP contribution in [0.3, 0.4) is 0 Å². The summed E-state index contributed by atoms with van der Waals surface area (Å²) in [4.78, 5) is 4.69. The van der Waals surface area contributed by atoms with Crippen LogP contribution in [0.2, 0.25) is 5.02 Å². The number of nitrogens with zero attached hydrogens (tertiary/aromatic N) is 3. The molecule has 2 aliphatic rings. The molecule has 3 heterocycles. The van der Waals surface area contributed by atoms with Gasteiger partial charge >= 0.3 is 0 Å². The Morgan fingerprint density at radius 1 is 1.21 bits per heavy atom. The summed E-state index contributed by atoms with van der Waals surface area (Å²) in [6.07, 6.45) is 2.38. The van der Waals surface area contributed by atoms with Crippen molar-refractivity contribution in [1.82, 2.24) is 14.8 Å². The lowest BCUT2D eigenvalue weighted by atomic mass is 10.1. The Hall–Kier alpha value is -1.79. The molecule has 1 aromatic heterocycles. The van der Waals surface area contributed by atoms with Crippen LogP contribution in [0.25, 0.3) is 0 Å². The Balaban J connectivity index is 1.66. The molecule has 4 rings (SSSR count). The highest BCUT2D eigenvalue weighted by atomic mass is 35.5. The van der Waals surface area contributed by atoms with Gasteiger partial charge in [-0.2, -0.15) is 5.10 Å². The van der Waals surface area contributed by atoms with Crippen molar-refractivity contribution in [2.75, 3.05) is 26.4 Å². The second kappa shape index (κ2) is 6.61. The lowest BCUT2D eigenvalue weighted by molar-refractivity contribution is 0.171. The molecule has 2 aliphatic heterocycles. The Bertz CT molecular complexity index is 741. The van der Waals surface area contributed by atoms with Crippen LogP contribution in [-0.4, -0.2) is 41.2 Å². The average Bonchev–Trinajstić information content (AvgIpc) is 3.24. The van der Waals surface area contributed by atoms with Gasteiger partial charge in [0.15, 0.2) is 17.3 Å². The maximum Gasteiger partial charge on any atom is 0.162 e. The van der Waals surface area contributed by atoms with Gasteiger partial charge in [0.2, 0.25) is 0 Å². The molecule has 1 unspecified atom stereocenters. The fourth-order valence-corrected chi connectivity index (χ4v) is 3.31. The first-order valence-corrected chi connectivity index (χ1v) is 8.72. The molecule has 0 aliphatic carbocycles. The standard InChI is InChI=1S/C17H20ClN3O3/c1-2-16-19-17(21(20-16)12-3-4-22-10-12)8-11-7-14-15(9-13(11)18)24-6-5-23-14/h7,9,12H,2-6,8,10H2,1H3. The van der Waals surface area contributed by atoms with E-state index in [0.29, 0.717) is 37.0 Å². The lowest BCUT2D eigenvalue weighted by Crippen LogP contribution is -2.16. The first-order valence-electron chi connectivity index (χ1n) is 8.34. The van der Waals surface area contributed by atoms with Gasteiger partial charge in [0.05, 0.1) is 12.6 Å². The summed E-state index contributed by atoms with van der Waals surface area (Å²) in [5.74, 6) is 3.22. The van der Waals surface area contributed by atoms with Crippen molar-refractivity contribution in [1.29, 1.82) is 0 Å². The van der Waals surface area contributed by atoms with E-state index in [-0.39, 0.29) is 6.04 Å². The smallest absolute Gasteiger partial charge is 0.162 e. The third kappa shape index (κ3) is 2.96. The quantitative estimate of drug-likeness (QED) is 0.849. The van der Waals surface area contributed by atoms with Crippen molar-refractivity contribution >= 4 is 11.6 Å².